The fourth-order valence-corrected chi connectivity index (χ4v) is 3.34. The van der Waals surface area contributed by atoms with E-state index in [2.05, 4.69) is 49.6 Å². The molecule has 2 heterocycles. The molecule has 0 unspecified atom stereocenters. The molecule has 3 aromatic rings. The summed E-state index contributed by atoms with van der Waals surface area (Å²) in [5, 5.41) is 6.81. The predicted octanol–water partition coefficient (Wildman–Crippen LogP) is 3.95. The van der Waals surface area contributed by atoms with Crippen molar-refractivity contribution >= 4 is 46.1 Å². The van der Waals surface area contributed by atoms with Gasteiger partial charge in [0.25, 0.3) is 0 Å². The molecule has 4 rings (SSSR count). The predicted molar refractivity (Wildman–Crippen MR) is 121 cm³/mol. The number of hydrogen-bond acceptors (Lipinski definition) is 7. The maximum Gasteiger partial charge on any atom is 0.229 e. The summed E-state index contributed by atoms with van der Waals surface area (Å²) in [4.78, 5) is 13.5. The number of anilines is 6. The standard InChI is InChI=1S/C21H24ClN7/c1-28-10-12-29(13-11-28)16-8-6-15(7-9-16)25-21-24-14-17(22)20(27-21)26-19-5-3-2-4-18(19)23/h2-9,14H,10-13,23H2,1H3,(H2,24,25,26,27). The minimum atomic E-state index is 0.421. The molecule has 2 aromatic carbocycles. The molecule has 0 saturated carbocycles. The Morgan fingerprint density at radius 1 is 0.966 bits per heavy atom. The van der Waals surface area contributed by atoms with Gasteiger partial charge in [-0.2, -0.15) is 4.98 Å². The van der Waals surface area contributed by atoms with E-state index in [0.29, 0.717) is 22.5 Å². The Bertz CT molecular complexity index is 969. The highest BCUT2D eigenvalue weighted by Gasteiger charge is 2.14. The number of likely N-dealkylation sites (N-methyl/N-ethyl adjacent to an activating group) is 1. The van der Waals surface area contributed by atoms with Gasteiger partial charge in [-0.3, -0.25) is 0 Å². The van der Waals surface area contributed by atoms with Crippen LogP contribution in [0.4, 0.5) is 34.5 Å². The van der Waals surface area contributed by atoms with Gasteiger partial charge >= 0.3 is 0 Å². The fourth-order valence-electron chi connectivity index (χ4n) is 3.20. The summed E-state index contributed by atoms with van der Waals surface area (Å²) < 4.78 is 0. The molecular formula is C21H24ClN7. The molecule has 8 heteroatoms. The van der Waals surface area contributed by atoms with E-state index in [0.717, 1.165) is 37.6 Å². The number of piperazine rings is 1. The van der Waals surface area contributed by atoms with E-state index >= 15 is 0 Å². The zero-order valence-electron chi connectivity index (χ0n) is 16.3. The summed E-state index contributed by atoms with van der Waals surface area (Å²) in [6.07, 6.45) is 1.57. The summed E-state index contributed by atoms with van der Waals surface area (Å²) in [6.45, 7) is 4.25. The van der Waals surface area contributed by atoms with Gasteiger partial charge in [0, 0.05) is 37.6 Å². The van der Waals surface area contributed by atoms with E-state index in [4.69, 9.17) is 17.3 Å². The summed E-state index contributed by atoms with van der Waals surface area (Å²) in [5.41, 5.74) is 9.50. The number of halogens is 1. The number of aromatic nitrogens is 2. The number of hydrogen-bond donors (Lipinski definition) is 3. The van der Waals surface area contributed by atoms with Gasteiger partial charge in [0.1, 0.15) is 5.02 Å². The second kappa shape index (κ2) is 8.55. The van der Waals surface area contributed by atoms with Gasteiger partial charge < -0.3 is 26.2 Å². The van der Waals surface area contributed by atoms with E-state index in [1.165, 1.54) is 5.69 Å². The van der Waals surface area contributed by atoms with E-state index in [9.17, 15) is 0 Å². The quantitative estimate of drug-likeness (QED) is 0.550. The van der Waals surface area contributed by atoms with Crippen LogP contribution in [0.25, 0.3) is 0 Å². The minimum absolute atomic E-state index is 0.421. The molecule has 0 spiro atoms. The van der Waals surface area contributed by atoms with Crippen molar-refractivity contribution in [1.29, 1.82) is 0 Å². The lowest BCUT2D eigenvalue weighted by molar-refractivity contribution is 0.313. The molecule has 0 radical (unpaired) electrons. The van der Waals surface area contributed by atoms with Crippen LogP contribution in [0.5, 0.6) is 0 Å². The third kappa shape index (κ3) is 4.70. The molecule has 0 bridgehead atoms. The number of nitrogen functional groups attached to an aromatic ring is 1. The summed E-state index contributed by atoms with van der Waals surface area (Å²) >= 11 is 6.25. The van der Waals surface area contributed by atoms with Crippen LogP contribution in [0.1, 0.15) is 0 Å². The Morgan fingerprint density at radius 2 is 1.69 bits per heavy atom. The average molecular weight is 410 g/mol. The van der Waals surface area contributed by atoms with Crippen molar-refractivity contribution in [1.82, 2.24) is 14.9 Å². The third-order valence-corrected chi connectivity index (χ3v) is 5.23. The van der Waals surface area contributed by atoms with E-state index in [1.807, 2.05) is 36.4 Å². The number of nitrogens with zero attached hydrogens (tertiary/aromatic N) is 4. The lowest BCUT2D eigenvalue weighted by atomic mass is 10.2. The maximum atomic E-state index is 6.25. The number of para-hydroxylation sites is 2. The first-order chi connectivity index (χ1) is 14.1. The van der Waals surface area contributed by atoms with Gasteiger partial charge in [-0.1, -0.05) is 23.7 Å². The van der Waals surface area contributed by atoms with Gasteiger partial charge in [0.05, 0.1) is 17.6 Å². The van der Waals surface area contributed by atoms with Crippen LogP contribution >= 0.6 is 11.6 Å². The molecule has 1 aromatic heterocycles. The topological polar surface area (TPSA) is 82.3 Å². The first-order valence-electron chi connectivity index (χ1n) is 9.53. The Labute approximate surface area is 175 Å². The summed E-state index contributed by atoms with van der Waals surface area (Å²) in [5.74, 6) is 0.954. The van der Waals surface area contributed by atoms with E-state index in [1.54, 1.807) is 6.20 Å². The Hall–Kier alpha value is -3.03. The molecule has 29 heavy (non-hydrogen) atoms. The molecule has 1 saturated heterocycles. The molecule has 1 aliphatic rings. The van der Waals surface area contributed by atoms with Crippen molar-refractivity contribution in [3.05, 3.63) is 59.8 Å². The van der Waals surface area contributed by atoms with Crippen molar-refractivity contribution < 1.29 is 0 Å². The Kier molecular flexibility index (Phi) is 5.69. The van der Waals surface area contributed by atoms with E-state index in [-0.39, 0.29) is 0 Å². The molecule has 4 N–H and O–H groups in total. The van der Waals surface area contributed by atoms with Crippen LogP contribution in [-0.2, 0) is 0 Å². The lowest BCUT2D eigenvalue weighted by Crippen LogP contribution is -2.44. The molecular weight excluding hydrogens is 386 g/mol. The lowest BCUT2D eigenvalue weighted by Gasteiger charge is -2.34. The highest BCUT2D eigenvalue weighted by molar-refractivity contribution is 6.33. The van der Waals surface area contributed by atoms with Crippen LogP contribution in [0.3, 0.4) is 0 Å². The second-order valence-electron chi connectivity index (χ2n) is 7.06. The van der Waals surface area contributed by atoms with Crippen LogP contribution in [0.15, 0.2) is 54.7 Å². The molecule has 1 fully saturated rings. The molecule has 1 aliphatic heterocycles. The number of nitrogens with one attached hydrogen (secondary N) is 2. The van der Waals surface area contributed by atoms with Crippen LogP contribution in [0.2, 0.25) is 5.02 Å². The van der Waals surface area contributed by atoms with Crippen LogP contribution in [-0.4, -0.2) is 48.1 Å². The monoisotopic (exact) mass is 409 g/mol. The third-order valence-electron chi connectivity index (χ3n) is 4.95. The number of rotatable bonds is 5. The Balaban J connectivity index is 1.46. The Morgan fingerprint density at radius 3 is 2.41 bits per heavy atom. The SMILES string of the molecule is CN1CCN(c2ccc(Nc3ncc(Cl)c(Nc4ccccc4N)n3)cc2)CC1. The molecule has 0 atom stereocenters. The van der Waals surface area contributed by atoms with Crippen molar-refractivity contribution in [3.63, 3.8) is 0 Å². The fraction of sp³-hybridized carbons (Fsp3) is 0.238. The first-order valence-corrected chi connectivity index (χ1v) is 9.91. The van der Waals surface area contributed by atoms with Gasteiger partial charge in [-0.05, 0) is 43.4 Å². The summed E-state index contributed by atoms with van der Waals surface area (Å²) in [6, 6.07) is 15.8. The van der Waals surface area contributed by atoms with Crippen molar-refractivity contribution in [3.8, 4) is 0 Å². The van der Waals surface area contributed by atoms with Gasteiger partial charge in [-0.25, -0.2) is 4.98 Å². The smallest absolute Gasteiger partial charge is 0.229 e. The van der Waals surface area contributed by atoms with Crippen molar-refractivity contribution in [2.75, 3.05) is 54.5 Å². The average Bonchev–Trinajstić information content (AvgIpc) is 2.73. The van der Waals surface area contributed by atoms with Crippen molar-refractivity contribution in [2.45, 2.75) is 0 Å². The zero-order chi connectivity index (χ0) is 20.2. The second-order valence-corrected chi connectivity index (χ2v) is 7.47. The first kappa shape index (κ1) is 19.3. The highest BCUT2D eigenvalue weighted by Crippen LogP contribution is 2.28. The van der Waals surface area contributed by atoms with Gasteiger partial charge in [0.2, 0.25) is 5.95 Å². The zero-order valence-corrected chi connectivity index (χ0v) is 17.0. The van der Waals surface area contributed by atoms with Crippen molar-refractivity contribution in [2.24, 2.45) is 0 Å². The highest BCUT2D eigenvalue weighted by atomic mass is 35.5. The van der Waals surface area contributed by atoms with Crippen LogP contribution in [0, 0.1) is 0 Å². The van der Waals surface area contributed by atoms with Gasteiger partial charge in [-0.15, -0.1) is 0 Å². The normalized spacial score (nSPS) is 14.6. The van der Waals surface area contributed by atoms with E-state index < -0.39 is 0 Å². The molecule has 0 aliphatic carbocycles. The van der Waals surface area contributed by atoms with Crippen LogP contribution < -0.4 is 21.3 Å². The van der Waals surface area contributed by atoms with Gasteiger partial charge in [0.15, 0.2) is 5.82 Å². The number of benzene rings is 2. The maximum absolute atomic E-state index is 6.25. The molecule has 150 valence electrons. The molecule has 7 nitrogen and oxygen atoms in total. The minimum Gasteiger partial charge on any atom is -0.397 e. The number of nitrogens with two attached hydrogens (primary N) is 1. The largest absolute Gasteiger partial charge is 0.397 e. The summed E-state index contributed by atoms with van der Waals surface area (Å²) in [7, 11) is 2.16. The molecule has 0 amide bonds.